The van der Waals surface area contributed by atoms with E-state index in [1.807, 2.05) is 66.8 Å². The lowest BCUT2D eigenvalue weighted by Crippen LogP contribution is -2.19. The van der Waals surface area contributed by atoms with Crippen molar-refractivity contribution in [3.63, 3.8) is 0 Å². The first-order valence-electron chi connectivity index (χ1n) is 13.2. The number of fused-ring (bicyclic) bond motifs is 2. The fourth-order valence-corrected chi connectivity index (χ4v) is 6.22. The van der Waals surface area contributed by atoms with Crippen molar-refractivity contribution in [3.05, 3.63) is 76.9 Å². The molecule has 11 nitrogen and oxygen atoms in total. The molecule has 3 N–H and O–H groups in total. The number of hydrogen-bond donors (Lipinski definition) is 3. The quantitative estimate of drug-likeness (QED) is 0.201. The molecule has 0 radical (unpaired) electrons. The van der Waals surface area contributed by atoms with E-state index in [1.165, 1.54) is 17.7 Å². The summed E-state index contributed by atoms with van der Waals surface area (Å²) in [6, 6.07) is 11.2. The predicted octanol–water partition coefficient (Wildman–Crippen LogP) is 5.48. The highest BCUT2D eigenvalue weighted by molar-refractivity contribution is 7.21. The molecule has 0 fully saturated rings. The standard InChI is InChI=1S/C29H28ClN9O2S/c1-37(2)9-6-10-39-15-18(34-29(41)25-24(30)19-7-4-5-8-23(19)42-25)12-22(39)28(40)33-17-11-21(38(3)14-17)27-35-20-13-31-16-32-26(20)36-27/h4-5,7-8,11-16H,6,9-10H2,1-3H3,(H,33,40)(H,34,41)(H,31,32,35,36). The fraction of sp³-hybridized carbons (Fsp3) is 0.207. The lowest BCUT2D eigenvalue weighted by Gasteiger charge is -2.12. The number of amides is 2. The van der Waals surface area contributed by atoms with Gasteiger partial charge in [0.25, 0.3) is 11.8 Å². The van der Waals surface area contributed by atoms with Crippen LogP contribution in [0.5, 0.6) is 0 Å². The average molecular weight is 602 g/mol. The lowest BCUT2D eigenvalue weighted by molar-refractivity contribution is 0.101. The monoisotopic (exact) mass is 601 g/mol. The van der Waals surface area contributed by atoms with Crippen molar-refractivity contribution in [2.75, 3.05) is 31.3 Å². The number of aryl methyl sites for hydroxylation is 2. The van der Waals surface area contributed by atoms with Crippen LogP contribution in [0.2, 0.25) is 5.02 Å². The minimum Gasteiger partial charge on any atom is -0.346 e. The number of hydrogen-bond acceptors (Lipinski definition) is 7. The number of imidazole rings is 1. The van der Waals surface area contributed by atoms with Crippen LogP contribution >= 0.6 is 22.9 Å². The van der Waals surface area contributed by atoms with Crippen molar-refractivity contribution >= 4 is 67.4 Å². The molecule has 6 rings (SSSR count). The van der Waals surface area contributed by atoms with Gasteiger partial charge in [-0.15, -0.1) is 11.3 Å². The van der Waals surface area contributed by atoms with Crippen LogP contribution in [0.3, 0.4) is 0 Å². The van der Waals surface area contributed by atoms with Crippen LogP contribution in [-0.4, -0.2) is 66.4 Å². The molecule has 13 heteroatoms. The van der Waals surface area contributed by atoms with Gasteiger partial charge in [0, 0.05) is 36.1 Å². The zero-order valence-corrected chi connectivity index (χ0v) is 24.8. The van der Waals surface area contributed by atoms with Gasteiger partial charge in [0.2, 0.25) is 0 Å². The molecule has 0 aliphatic carbocycles. The Labute approximate surface area is 250 Å². The van der Waals surface area contributed by atoms with Gasteiger partial charge in [0.1, 0.15) is 22.4 Å². The molecule has 0 unspecified atom stereocenters. The largest absolute Gasteiger partial charge is 0.346 e. The first-order chi connectivity index (χ1) is 20.3. The van der Waals surface area contributed by atoms with E-state index in [-0.39, 0.29) is 11.8 Å². The van der Waals surface area contributed by atoms with E-state index in [2.05, 4.69) is 35.5 Å². The molecular weight excluding hydrogens is 574 g/mol. The Morgan fingerprint density at radius 2 is 1.88 bits per heavy atom. The van der Waals surface area contributed by atoms with E-state index in [1.54, 1.807) is 18.5 Å². The maximum Gasteiger partial charge on any atom is 0.272 e. The van der Waals surface area contributed by atoms with Gasteiger partial charge in [-0.3, -0.25) is 9.59 Å². The summed E-state index contributed by atoms with van der Waals surface area (Å²) in [5.41, 5.74) is 3.61. The normalized spacial score (nSPS) is 11.5. The molecule has 0 saturated heterocycles. The Morgan fingerprint density at radius 1 is 1.10 bits per heavy atom. The van der Waals surface area contributed by atoms with Gasteiger partial charge in [-0.2, -0.15) is 0 Å². The Morgan fingerprint density at radius 3 is 2.67 bits per heavy atom. The van der Waals surface area contributed by atoms with Crippen LogP contribution in [0.25, 0.3) is 32.8 Å². The van der Waals surface area contributed by atoms with E-state index in [9.17, 15) is 9.59 Å². The summed E-state index contributed by atoms with van der Waals surface area (Å²) in [6.45, 7) is 1.45. The molecule has 5 heterocycles. The summed E-state index contributed by atoms with van der Waals surface area (Å²) in [7, 11) is 5.89. The van der Waals surface area contributed by atoms with Crippen molar-refractivity contribution in [2.24, 2.45) is 7.05 Å². The average Bonchev–Trinajstić information content (AvgIpc) is 3.73. The SMILES string of the molecule is CN(C)CCCn1cc(NC(=O)c2sc3ccccc3c2Cl)cc1C(=O)Nc1cc(-c2nc3cncnc3[nH]2)n(C)c1. The smallest absolute Gasteiger partial charge is 0.272 e. The summed E-state index contributed by atoms with van der Waals surface area (Å²) in [5, 5.41) is 7.19. The van der Waals surface area contributed by atoms with Crippen molar-refractivity contribution in [2.45, 2.75) is 13.0 Å². The molecule has 0 aliphatic heterocycles. The summed E-state index contributed by atoms with van der Waals surface area (Å²) < 4.78 is 4.67. The third kappa shape index (κ3) is 5.51. The number of nitrogens with zero attached hydrogens (tertiary/aromatic N) is 6. The molecule has 0 atom stereocenters. The number of carbonyl (C=O) groups is 2. The predicted molar refractivity (Wildman–Crippen MR) is 166 cm³/mol. The second-order valence-electron chi connectivity index (χ2n) is 10.2. The number of nitrogens with one attached hydrogen (secondary N) is 3. The Bertz CT molecular complexity index is 1900. The second kappa shape index (κ2) is 11.4. The zero-order chi connectivity index (χ0) is 29.4. The minimum atomic E-state index is -0.318. The third-order valence-electron chi connectivity index (χ3n) is 6.80. The number of halogens is 1. The number of anilines is 2. The highest BCUT2D eigenvalue weighted by Crippen LogP contribution is 2.35. The Balaban J connectivity index is 1.24. The zero-order valence-electron chi connectivity index (χ0n) is 23.2. The molecule has 0 spiro atoms. The molecule has 0 saturated carbocycles. The summed E-state index contributed by atoms with van der Waals surface area (Å²) >= 11 is 7.87. The maximum atomic E-state index is 13.5. The minimum absolute atomic E-state index is 0.298. The van der Waals surface area contributed by atoms with Gasteiger partial charge < -0.3 is 29.7 Å². The molecule has 1 aromatic carbocycles. The van der Waals surface area contributed by atoms with Crippen LogP contribution in [0.4, 0.5) is 11.4 Å². The van der Waals surface area contributed by atoms with Crippen LogP contribution in [-0.2, 0) is 13.6 Å². The maximum absolute atomic E-state index is 13.5. The number of aromatic amines is 1. The Hall–Kier alpha value is -4.52. The van der Waals surface area contributed by atoms with Crippen molar-refractivity contribution < 1.29 is 9.59 Å². The summed E-state index contributed by atoms with van der Waals surface area (Å²) in [6.07, 6.45) is 7.53. The summed E-state index contributed by atoms with van der Waals surface area (Å²) in [4.78, 5) is 45.2. The number of carbonyl (C=O) groups excluding carboxylic acids is 2. The topological polar surface area (TPSA) is 126 Å². The van der Waals surface area contributed by atoms with Crippen molar-refractivity contribution in [1.82, 2.24) is 34.0 Å². The molecule has 2 amide bonds. The van der Waals surface area contributed by atoms with E-state index in [4.69, 9.17) is 11.6 Å². The van der Waals surface area contributed by atoms with E-state index in [0.29, 0.717) is 50.5 Å². The first-order valence-corrected chi connectivity index (χ1v) is 14.4. The van der Waals surface area contributed by atoms with Gasteiger partial charge >= 0.3 is 0 Å². The highest BCUT2D eigenvalue weighted by atomic mass is 35.5. The molecule has 42 heavy (non-hydrogen) atoms. The summed E-state index contributed by atoms with van der Waals surface area (Å²) in [5.74, 6) is 0.000140. The third-order valence-corrected chi connectivity index (χ3v) is 8.47. The molecule has 6 aromatic rings. The van der Waals surface area contributed by atoms with Crippen molar-refractivity contribution in [3.8, 4) is 11.5 Å². The van der Waals surface area contributed by atoms with Gasteiger partial charge in [-0.05, 0) is 45.3 Å². The number of rotatable bonds is 9. The first kappa shape index (κ1) is 27.6. The number of aromatic nitrogens is 6. The van der Waals surface area contributed by atoms with E-state index < -0.39 is 0 Å². The molecule has 0 bridgehead atoms. The van der Waals surface area contributed by atoms with Crippen molar-refractivity contribution in [1.29, 1.82) is 0 Å². The van der Waals surface area contributed by atoms with Gasteiger partial charge in [-0.25, -0.2) is 15.0 Å². The highest BCUT2D eigenvalue weighted by Gasteiger charge is 2.21. The van der Waals surface area contributed by atoms with Crippen LogP contribution in [0.15, 0.2) is 61.3 Å². The van der Waals surface area contributed by atoms with Gasteiger partial charge in [-0.1, -0.05) is 29.8 Å². The molecule has 214 valence electrons. The Kier molecular flexibility index (Phi) is 7.50. The van der Waals surface area contributed by atoms with E-state index >= 15 is 0 Å². The van der Waals surface area contributed by atoms with E-state index in [0.717, 1.165) is 28.7 Å². The fourth-order valence-electron chi connectivity index (χ4n) is 4.81. The van der Waals surface area contributed by atoms with Crippen LogP contribution in [0.1, 0.15) is 26.6 Å². The van der Waals surface area contributed by atoms with Gasteiger partial charge in [0.15, 0.2) is 11.5 Å². The van der Waals surface area contributed by atoms with Crippen LogP contribution in [0, 0.1) is 0 Å². The number of benzene rings is 1. The van der Waals surface area contributed by atoms with Crippen LogP contribution < -0.4 is 10.6 Å². The second-order valence-corrected chi connectivity index (χ2v) is 11.6. The van der Waals surface area contributed by atoms with Gasteiger partial charge in [0.05, 0.1) is 28.3 Å². The molecule has 5 aromatic heterocycles. The lowest BCUT2D eigenvalue weighted by atomic mass is 10.2. The molecule has 0 aliphatic rings. The number of thiophene rings is 1. The molecular formula is C29H28ClN9O2S. The number of H-pyrrole nitrogens is 1.